The molecular weight excluding hydrogens is 240 g/mol. The van der Waals surface area contributed by atoms with Crippen LogP contribution in [0.15, 0.2) is 0 Å². The summed E-state index contributed by atoms with van der Waals surface area (Å²) in [5.74, 6) is 0. The Bertz CT molecular complexity index is 313. The van der Waals surface area contributed by atoms with Crippen molar-refractivity contribution in [3.63, 3.8) is 0 Å². The standard InChI is InChI=1S/C11H26N2O3S/c1-10(2)13(5)17(15,16)12-9-11(3,4)7-6-8-14/h10,12,14H,6-9H2,1-5H3. The minimum absolute atomic E-state index is 0.0620. The van der Waals surface area contributed by atoms with Gasteiger partial charge in [0.15, 0.2) is 0 Å². The smallest absolute Gasteiger partial charge is 0.279 e. The lowest BCUT2D eigenvalue weighted by Gasteiger charge is -2.27. The summed E-state index contributed by atoms with van der Waals surface area (Å²) in [6.07, 6.45) is 1.48. The van der Waals surface area contributed by atoms with Gasteiger partial charge < -0.3 is 5.11 Å². The van der Waals surface area contributed by atoms with Crippen molar-refractivity contribution in [2.24, 2.45) is 5.41 Å². The van der Waals surface area contributed by atoms with Crippen LogP contribution in [0.3, 0.4) is 0 Å². The van der Waals surface area contributed by atoms with Gasteiger partial charge in [-0.1, -0.05) is 13.8 Å². The van der Waals surface area contributed by atoms with E-state index in [1.165, 1.54) is 4.31 Å². The Labute approximate surface area is 105 Å². The maximum absolute atomic E-state index is 11.9. The van der Waals surface area contributed by atoms with E-state index in [0.29, 0.717) is 13.0 Å². The molecule has 0 fully saturated rings. The number of aliphatic hydroxyl groups excluding tert-OH is 1. The molecule has 0 saturated heterocycles. The Morgan fingerprint density at radius 1 is 1.35 bits per heavy atom. The second-order valence-corrected chi connectivity index (χ2v) is 7.24. The Kier molecular flexibility index (Phi) is 6.61. The number of hydrogen-bond acceptors (Lipinski definition) is 3. The van der Waals surface area contributed by atoms with Gasteiger partial charge in [0.2, 0.25) is 0 Å². The highest BCUT2D eigenvalue weighted by Gasteiger charge is 2.24. The molecule has 2 N–H and O–H groups in total. The zero-order valence-electron chi connectivity index (χ0n) is 11.5. The number of hydrogen-bond donors (Lipinski definition) is 2. The number of nitrogens with one attached hydrogen (secondary N) is 1. The van der Waals surface area contributed by atoms with Crippen molar-refractivity contribution in [2.75, 3.05) is 20.2 Å². The second-order valence-electron chi connectivity index (χ2n) is 5.43. The van der Waals surface area contributed by atoms with E-state index < -0.39 is 10.2 Å². The van der Waals surface area contributed by atoms with Gasteiger partial charge in [-0.25, -0.2) is 4.72 Å². The molecule has 0 aromatic heterocycles. The molecule has 0 saturated carbocycles. The van der Waals surface area contributed by atoms with E-state index in [9.17, 15) is 8.42 Å². The third-order valence-electron chi connectivity index (χ3n) is 2.85. The van der Waals surface area contributed by atoms with Crippen molar-refractivity contribution in [2.45, 2.75) is 46.6 Å². The highest BCUT2D eigenvalue weighted by Crippen LogP contribution is 2.21. The fourth-order valence-corrected chi connectivity index (χ4v) is 2.64. The summed E-state index contributed by atoms with van der Waals surface area (Å²) in [6.45, 7) is 8.15. The molecule has 0 atom stereocenters. The number of aliphatic hydroxyl groups is 1. The third-order valence-corrected chi connectivity index (χ3v) is 4.54. The highest BCUT2D eigenvalue weighted by atomic mass is 32.2. The molecule has 0 aliphatic carbocycles. The van der Waals surface area contributed by atoms with E-state index in [1.807, 2.05) is 27.7 Å². The van der Waals surface area contributed by atoms with Gasteiger partial charge in [-0.05, 0) is 32.1 Å². The minimum atomic E-state index is -3.40. The van der Waals surface area contributed by atoms with Crippen LogP contribution in [0.25, 0.3) is 0 Å². The van der Waals surface area contributed by atoms with Crippen LogP contribution >= 0.6 is 0 Å². The van der Waals surface area contributed by atoms with Crippen molar-refractivity contribution in [3.05, 3.63) is 0 Å². The lowest BCUT2D eigenvalue weighted by atomic mass is 9.88. The van der Waals surface area contributed by atoms with Gasteiger partial charge in [0.1, 0.15) is 0 Å². The maximum Gasteiger partial charge on any atom is 0.279 e. The Hall–Kier alpha value is -0.170. The van der Waals surface area contributed by atoms with Gasteiger partial charge in [-0.15, -0.1) is 0 Å². The first kappa shape index (κ1) is 16.8. The Balaban J connectivity index is 4.36. The first-order valence-electron chi connectivity index (χ1n) is 5.96. The lowest BCUT2D eigenvalue weighted by molar-refractivity contribution is 0.241. The fourth-order valence-electron chi connectivity index (χ4n) is 1.31. The summed E-state index contributed by atoms with van der Waals surface area (Å²) in [4.78, 5) is 0. The minimum Gasteiger partial charge on any atom is -0.396 e. The lowest BCUT2D eigenvalue weighted by Crippen LogP contribution is -2.45. The van der Waals surface area contributed by atoms with E-state index in [-0.39, 0.29) is 18.1 Å². The molecule has 6 heteroatoms. The SMILES string of the molecule is CC(C)N(C)S(=O)(=O)NCC(C)(C)CCCO. The Morgan fingerprint density at radius 2 is 1.88 bits per heavy atom. The molecule has 17 heavy (non-hydrogen) atoms. The zero-order valence-corrected chi connectivity index (χ0v) is 12.3. The molecule has 5 nitrogen and oxygen atoms in total. The van der Waals surface area contributed by atoms with Crippen molar-refractivity contribution in [1.82, 2.24) is 9.03 Å². The van der Waals surface area contributed by atoms with E-state index in [1.54, 1.807) is 7.05 Å². The van der Waals surface area contributed by atoms with Crippen molar-refractivity contribution in [3.8, 4) is 0 Å². The van der Waals surface area contributed by atoms with Gasteiger partial charge in [0.05, 0.1) is 0 Å². The van der Waals surface area contributed by atoms with Crippen LogP contribution < -0.4 is 4.72 Å². The van der Waals surface area contributed by atoms with Crippen LogP contribution in [0.4, 0.5) is 0 Å². The third kappa shape index (κ3) is 6.35. The van der Waals surface area contributed by atoms with E-state index in [0.717, 1.165) is 6.42 Å². The summed E-state index contributed by atoms with van der Waals surface area (Å²) in [6, 6.07) is -0.0620. The van der Waals surface area contributed by atoms with E-state index >= 15 is 0 Å². The summed E-state index contributed by atoms with van der Waals surface area (Å²) in [5, 5.41) is 8.77. The topological polar surface area (TPSA) is 69.6 Å². The first-order chi connectivity index (χ1) is 7.62. The van der Waals surface area contributed by atoms with Gasteiger partial charge in [-0.3, -0.25) is 0 Å². The van der Waals surface area contributed by atoms with E-state index in [2.05, 4.69) is 4.72 Å². The summed E-state index contributed by atoms with van der Waals surface area (Å²) in [5.41, 5.74) is -0.145. The second kappa shape index (κ2) is 6.68. The average Bonchev–Trinajstić information content (AvgIpc) is 2.23. The van der Waals surface area contributed by atoms with Crippen molar-refractivity contribution < 1.29 is 13.5 Å². The van der Waals surface area contributed by atoms with Crippen LogP contribution in [-0.4, -0.2) is 44.1 Å². The summed E-state index contributed by atoms with van der Waals surface area (Å²) < 4.78 is 27.6. The quantitative estimate of drug-likeness (QED) is 0.687. The Morgan fingerprint density at radius 3 is 2.29 bits per heavy atom. The van der Waals surface area contributed by atoms with Gasteiger partial charge in [0.25, 0.3) is 10.2 Å². The number of nitrogens with zero attached hydrogens (tertiary/aromatic N) is 1. The molecule has 0 aliphatic heterocycles. The monoisotopic (exact) mass is 266 g/mol. The summed E-state index contributed by atoms with van der Waals surface area (Å²) >= 11 is 0. The molecule has 0 aliphatic rings. The molecule has 0 bridgehead atoms. The van der Waals surface area contributed by atoms with Crippen LogP contribution in [0.5, 0.6) is 0 Å². The predicted octanol–water partition coefficient (Wildman–Crippen LogP) is 0.960. The van der Waals surface area contributed by atoms with Crippen LogP contribution in [-0.2, 0) is 10.2 Å². The maximum atomic E-state index is 11.9. The van der Waals surface area contributed by atoms with Crippen LogP contribution in [0.1, 0.15) is 40.5 Å². The molecule has 0 aromatic rings. The predicted molar refractivity (Wildman–Crippen MR) is 69.9 cm³/mol. The average molecular weight is 266 g/mol. The molecule has 0 radical (unpaired) electrons. The highest BCUT2D eigenvalue weighted by molar-refractivity contribution is 7.87. The fraction of sp³-hybridized carbons (Fsp3) is 1.00. The van der Waals surface area contributed by atoms with Crippen molar-refractivity contribution >= 4 is 10.2 Å². The van der Waals surface area contributed by atoms with Crippen LogP contribution in [0, 0.1) is 5.41 Å². The normalized spacial score (nSPS) is 13.6. The van der Waals surface area contributed by atoms with Gasteiger partial charge in [-0.2, -0.15) is 12.7 Å². The number of rotatable bonds is 8. The molecule has 0 heterocycles. The van der Waals surface area contributed by atoms with Gasteiger partial charge in [0, 0.05) is 26.2 Å². The van der Waals surface area contributed by atoms with Crippen LogP contribution in [0.2, 0.25) is 0 Å². The molecule has 0 rings (SSSR count). The molecule has 0 aromatic carbocycles. The molecular formula is C11H26N2O3S. The molecule has 104 valence electrons. The zero-order chi connectivity index (χ0) is 13.7. The van der Waals surface area contributed by atoms with Gasteiger partial charge >= 0.3 is 0 Å². The first-order valence-corrected chi connectivity index (χ1v) is 7.40. The van der Waals surface area contributed by atoms with E-state index in [4.69, 9.17) is 5.11 Å². The molecule has 0 amide bonds. The summed E-state index contributed by atoms with van der Waals surface area (Å²) in [7, 11) is -1.83. The van der Waals surface area contributed by atoms with Crippen molar-refractivity contribution in [1.29, 1.82) is 0 Å². The molecule has 0 unspecified atom stereocenters. The molecule has 0 spiro atoms. The largest absolute Gasteiger partial charge is 0.396 e.